The van der Waals surface area contributed by atoms with E-state index in [2.05, 4.69) is 10.6 Å². The molecule has 136 valence electrons. The third-order valence-electron chi connectivity index (χ3n) is 4.22. The molecule has 2 aromatic heterocycles. The van der Waals surface area contributed by atoms with Crippen molar-refractivity contribution in [3.05, 3.63) is 53.0 Å². The topological polar surface area (TPSA) is 72.4 Å². The van der Waals surface area contributed by atoms with Gasteiger partial charge in [0.1, 0.15) is 11.4 Å². The number of carbonyl (C=O) groups excluding carboxylic acids is 2. The Bertz CT molecular complexity index is 929. The second-order valence-electron chi connectivity index (χ2n) is 5.85. The van der Waals surface area contributed by atoms with E-state index in [1.54, 1.807) is 18.4 Å². The predicted molar refractivity (Wildman–Crippen MR) is 103 cm³/mol. The third-order valence-corrected chi connectivity index (χ3v) is 5.07. The number of benzene rings is 1. The fourth-order valence-electron chi connectivity index (χ4n) is 2.83. The van der Waals surface area contributed by atoms with E-state index in [0.29, 0.717) is 18.7 Å². The molecule has 26 heavy (non-hydrogen) atoms. The van der Waals surface area contributed by atoms with E-state index in [9.17, 15) is 9.59 Å². The van der Waals surface area contributed by atoms with E-state index in [4.69, 9.17) is 4.74 Å². The number of thiophene rings is 1. The van der Waals surface area contributed by atoms with Gasteiger partial charge < -0.3 is 19.9 Å². The molecule has 0 aliphatic carbocycles. The lowest BCUT2D eigenvalue weighted by Gasteiger charge is -2.10. The predicted octanol–water partition coefficient (Wildman–Crippen LogP) is 2.34. The maximum Gasteiger partial charge on any atom is 0.268 e. The summed E-state index contributed by atoms with van der Waals surface area (Å²) in [6.45, 7) is 0.429. The van der Waals surface area contributed by atoms with E-state index in [-0.39, 0.29) is 18.4 Å². The molecule has 0 fully saturated rings. The van der Waals surface area contributed by atoms with Crippen LogP contribution in [0.3, 0.4) is 0 Å². The first-order valence-electron chi connectivity index (χ1n) is 8.30. The summed E-state index contributed by atoms with van der Waals surface area (Å²) >= 11 is 1.59. The number of hydrogen-bond acceptors (Lipinski definition) is 4. The van der Waals surface area contributed by atoms with Gasteiger partial charge in [-0.15, -0.1) is 11.3 Å². The number of aryl methyl sites for hydroxylation is 1. The molecule has 2 amide bonds. The molecule has 0 radical (unpaired) electrons. The number of ether oxygens (including phenoxy) is 1. The van der Waals surface area contributed by atoms with Gasteiger partial charge in [0.25, 0.3) is 5.91 Å². The average Bonchev–Trinajstić information content (AvgIpc) is 3.23. The van der Waals surface area contributed by atoms with Crippen LogP contribution in [0.4, 0.5) is 0 Å². The Morgan fingerprint density at radius 2 is 2.00 bits per heavy atom. The monoisotopic (exact) mass is 371 g/mol. The minimum Gasteiger partial charge on any atom is -0.496 e. The first kappa shape index (κ1) is 18.0. The maximum absolute atomic E-state index is 12.3. The number of aromatic nitrogens is 1. The second kappa shape index (κ2) is 8.05. The van der Waals surface area contributed by atoms with E-state index >= 15 is 0 Å². The zero-order valence-electron chi connectivity index (χ0n) is 14.7. The molecule has 3 aromatic rings. The van der Waals surface area contributed by atoms with Crippen LogP contribution < -0.4 is 15.4 Å². The van der Waals surface area contributed by atoms with Gasteiger partial charge in [-0.05, 0) is 35.6 Å². The number of amides is 2. The van der Waals surface area contributed by atoms with E-state index in [1.165, 1.54) is 0 Å². The molecule has 3 rings (SSSR count). The second-order valence-corrected chi connectivity index (χ2v) is 6.80. The number of carbonyl (C=O) groups is 2. The van der Waals surface area contributed by atoms with Crippen LogP contribution in [0.15, 0.2) is 41.8 Å². The molecule has 0 aliphatic rings. The van der Waals surface area contributed by atoms with E-state index in [0.717, 1.165) is 21.5 Å². The van der Waals surface area contributed by atoms with Crippen LogP contribution in [-0.2, 0) is 18.3 Å². The van der Waals surface area contributed by atoms with Crippen LogP contribution in [0.1, 0.15) is 16.1 Å². The molecule has 1 aromatic carbocycles. The van der Waals surface area contributed by atoms with Gasteiger partial charge in [0.2, 0.25) is 5.91 Å². The smallest absolute Gasteiger partial charge is 0.268 e. The first-order chi connectivity index (χ1) is 12.6. The number of fused-ring (bicyclic) bond motifs is 1. The van der Waals surface area contributed by atoms with Crippen molar-refractivity contribution in [1.82, 2.24) is 15.2 Å². The Kier molecular flexibility index (Phi) is 5.58. The number of nitrogens with one attached hydrogen (secondary N) is 2. The largest absolute Gasteiger partial charge is 0.496 e. The number of methoxy groups -OCH3 is 1. The number of para-hydroxylation sites is 1. The number of hydrogen-bond donors (Lipinski definition) is 2. The van der Waals surface area contributed by atoms with Gasteiger partial charge in [-0.1, -0.05) is 18.2 Å². The normalized spacial score (nSPS) is 10.7. The molecular formula is C19H21N3O3S. The first-order valence-corrected chi connectivity index (χ1v) is 9.18. The Hall–Kier alpha value is -2.80. The van der Waals surface area contributed by atoms with Crippen molar-refractivity contribution < 1.29 is 14.3 Å². The molecule has 7 heteroatoms. The summed E-state index contributed by atoms with van der Waals surface area (Å²) in [6.07, 6.45) is 0.664. The van der Waals surface area contributed by atoms with Gasteiger partial charge in [-0.2, -0.15) is 0 Å². The zero-order valence-corrected chi connectivity index (χ0v) is 15.6. The highest BCUT2D eigenvalue weighted by Gasteiger charge is 2.14. The molecule has 0 unspecified atom stereocenters. The van der Waals surface area contributed by atoms with Crippen molar-refractivity contribution in [3.63, 3.8) is 0 Å². The Morgan fingerprint density at radius 3 is 2.77 bits per heavy atom. The minimum atomic E-state index is -0.254. The highest BCUT2D eigenvalue weighted by Crippen LogP contribution is 2.24. The van der Waals surface area contributed by atoms with Crippen molar-refractivity contribution in [2.24, 2.45) is 7.05 Å². The van der Waals surface area contributed by atoms with Crippen LogP contribution in [0.5, 0.6) is 5.75 Å². The molecule has 0 spiro atoms. The zero-order chi connectivity index (χ0) is 18.5. The van der Waals surface area contributed by atoms with Crippen molar-refractivity contribution in [2.75, 3.05) is 20.2 Å². The summed E-state index contributed by atoms with van der Waals surface area (Å²) in [5.74, 6) is 0.332. The molecule has 0 saturated heterocycles. The quantitative estimate of drug-likeness (QED) is 0.670. The van der Waals surface area contributed by atoms with Crippen LogP contribution in [-0.4, -0.2) is 36.6 Å². The fourth-order valence-corrected chi connectivity index (χ4v) is 3.68. The molecule has 2 heterocycles. The maximum atomic E-state index is 12.3. The highest BCUT2D eigenvalue weighted by molar-refractivity contribution is 7.17. The molecular weight excluding hydrogens is 350 g/mol. The molecule has 0 atom stereocenters. The van der Waals surface area contributed by atoms with Gasteiger partial charge >= 0.3 is 0 Å². The molecule has 0 bridgehead atoms. The molecule has 0 aliphatic heterocycles. The van der Waals surface area contributed by atoms with E-state index < -0.39 is 0 Å². The van der Waals surface area contributed by atoms with Crippen molar-refractivity contribution in [2.45, 2.75) is 6.42 Å². The third kappa shape index (κ3) is 3.88. The average molecular weight is 371 g/mol. The van der Waals surface area contributed by atoms with E-state index in [1.807, 2.05) is 53.4 Å². The standard InChI is InChI=1S/C19H21N3O3S/c1-22-14-8-10-26-17(14)11-15(22)19(24)21-12-18(23)20-9-7-13-5-3-4-6-16(13)25-2/h3-6,8,10-11H,7,9,12H2,1-2H3,(H,20,23)(H,21,24). The fraction of sp³-hybridized carbons (Fsp3) is 0.263. The lowest BCUT2D eigenvalue weighted by Crippen LogP contribution is -2.38. The Labute approximate surface area is 155 Å². The summed E-state index contributed by atoms with van der Waals surface area (Å²) in [5, 5.41) is 7.47. The summed E-state index contributed by atoms with van der Waals surface area (Å²) < 4.78 is 8.18. The summed E-state index contributed by atoms with van der Waals surface area (Å²) in [5.41, 5.74) is 2.60. The van der Waals surface area contributed by atoms with Crippen molar-refractivity contribution in [3.8, 4) is 5.75 Å². The molecule has 2 N–H and O–H groups in total. The van der Waals surface area contributed by atoms with Crippen LogP contribution in [0, 0.1) is 0 Å². The lowest BCUT2D eigenvalue weighted by molar-refractivity contribution is -0.120. The number of nitrogens with zero attached hydrogens (tertiary/aromatic N) is 1. The van der Waals surface area contributed by atoms with Crippen molar-refractivity contribution in [1.29, 1.82) is 0 Å². The van der Waals surface area contributed by atoms with Gasteiger partial charge in [-0.3, -0.25) is 9.59 Å². The molecule has 0 saturated carbocycles. The SMILES string of the molecule is COc1ccccc1CCNC(=O)CNC(=O)c1cc2sccc2n1C. The van der Waals surface area contributed by atoms with Gasteiger partial charge in [0, 0.05) is 13.6 Å². The van der Waals surface area contributed by atoms with Crippen LogP contribution in [0.2, 0.25) is 0 Å². The molecule has 6 nitrogen and oxygen atoms in total. The van der Waals surface area contributed by atoms with Crippen molar-refractivity contribution >= 4 is 33.4 Å². The Morgan fingerprint density at radius 1 is 1.19 bits per heavy atom. The van der Waals surface area contributed by atoms with Crippen LogP contribution >= 0.6 is 11.3 Å². The lowest BCUT2D eigenvalue weighted by atomic mass is 10.1. The van der Waals surface area contributed by atoms with Gasteiger partial charge in [0.15, 0.2) is 0 Å². The number of rotatable bonds is 7. The van der Waals surface area contributed by atoms with Gasteiger partial charge in [-0.25, -0.2) is 0 Å². The summed E-state index contributed by atoms with van der Waals surface area (Å²) in [7, 11) is 3.47. The minimum absolute atomic E-state index is 0.0520. The van der Waals surface area contributed by atoms with Crippen LogP contribution in [0.25, 0.3) is 10.2 Å². The summed E-state index contributed by atoms with van der Waals surface area (Å²) in [6, 6.07) is 11.5. The highest BCUT2D eigenvalue weighted by atomic mass is 32.1. The Balaban J connectivity index is 1.47. The summed E-state index contributed by atoms with van der Waals surface area (Å²) in [4.78, 5) is 24.3. The van der Waals surface area contributed by atoms with Gasteiger partial charge in [0.05, 0.1) is 23.9 Å².